The van der Waals surface area contributed by atoms with E-state index in [1.165, 1.54) is 25.7 Å². The van der Waals surface area contributed by atoms with Crippen LogP contribution in [0.2, 0.25) is 0 Å². The van der Waals surface area contributed by atoms with Crippen LogP contribution in [-0.2, 0) is 0 Å². The molecular weight excluding hydrogens is 156 g/mol. The predicted octanol–water partition coefficient (Wildman–Crippen LogP) is 4.89. The van der Waals surface area contributed by atoms with Gasteiger partial charge < -0.3 is 0 Å². The van der Waals surface area contributed by atoms with E-state index >= 15 is 0 Å². The summed E-state index contributed by atoms with van der Waals surface area (Å²) in [4.78, 5) is 0. The van der Waals surface area contributed by atoms with Crippen molar-refractivity contribution in [2.45, 2.75) is 67.2 Å². The first-order valence-electron chi connectivity index (χ1n) is 6.03. The summed E-state index contributed by atoms with van der Waals surface area (Å²) in [5, 5.41) is 0. The van der Waals surface area contributed by atoms with Gasteiger partial charge in [0.15, 0.2) is 0 Å². The smallest absolute Gasteiger partial charge is 0.0325 e. The summed E-state index contributed by atoms with van der Waals surface area (Å²) in [5.41, 5.74) is 0.767. The standard InChI is InChI=1S/C11H22.C2H6/c1-9(2)10(3)5-6-11(4)7-8-11;1-2/h9-10H,5-8H2,1-4H3;1-2H3. The second kappa shape index (κ2) is 5.67. The van der Waals surface area contributed by atoms with Crippen LogP contribution in [0.25, 0.3) is 0 Å². The molecule has 0 bridgehead atoms. The molecule has 80 valence electrons. The van der Waals surface area contributed by atoms with Crippen molar-refractivity contribution in [2.24, 2.45) is 17.3 Å². The molecular formula is C13H28. The average Bonchev–Trinajstić information content (AvgIpc) is 2.84. The molecule has 0 N–H and O–H groups in total. The molecule has 1 fully saturated rings. The first-order valence-corrected chi connectivity index (χ1v) is 6.03. The van der Waals surface area contributed by atoms with Gasteiger partial charge in [0.2, 0.25) is 0 Å². The molecule has 0 saturated heterocycles. The zero-order chi connectivity index (χ0) is 10.5. The molecule has 0 heteroatoms. The molecule has 0 aromatic carbocycles. The number of hydrogen-bond acceptors (Lipinski definition) is 0. The molecule has 1 aliphatic rings. The molecule has 0 aliphatic heterocycles. The van der Waals surface area contributed by atoms with Crippen molar-refractivity contribution in [3.05, 3.63) is 0 Å². The molecule has 0 heterocycles. The van der Waals surface area contributed by atoms with E-state index in [-0.39, 0.29) is 0 Å². The van der Waals surface area contributed by atoms with E-state index < -0.39 is 0 Å². The number of rotatable bonds is 4. The lowest BCUT2D eigenvalue weighted by Gasteiger charge is -2.17. The van der Waals surface area contributed by atoms with E-state index in [2.05, 4.69) is 27.7 Å². The van der Waals surface area contributed by atoms with Gasteiger partial charge in [0.05, 0.1) is 0 Å². The molecule has 0 spiro atoms. The third-order valence-electron chi connectivity index (χ3n) is 3.44. The van der Waals surface area contributed by atoms with E-state index in [4.69, 9.17) is 0 Å². The van der Waals surface area contributed by atoms with Crippen molar-refractivity contribution in [1.82, 2.24) is 0 Å². The van der Waals surface area contributed by atoms with Crippen LogP contribution in [0, 0.1) is 17.3 Å². The highest BCUT2D eigenvalue weighted by Crippen LogP contribution is 2.49. The molecule has 0 nitrogen and oxygen atoms in total. The molecule has 0 radical (unpaired) electrons. The van der Waals surface area contributed by atoms with Gasteiger partial charge in [0.25, 0.3) is 0 Å². The summed E-state index contributed by atoms with van der Waals surface area (Å²) in [6, 6.07) is 0. The number of hydrogen-bond donors (Lipinski definition) is 0. The van der Waals surface area contributed by atoms with Gasteiger partial charge in [-0.05, 0) is 42.9 Å². The summed E-state index contributed by atoms with van der Waals surface area (Å²) >= 11 is 0. The molecule has 0 aromatic rings. The van der Waals surface area contributed by atoms with Crippen molar-refractivity contribution in [1.29, 1.82) is 0 Å². The Bertz CT molecular complexity index is 120. The van der Waals surface area contributed by atoms with Crippen LogP contribution < -0.4 is 0 Å². The topological polar surface area (TPSA) is 0 Å². The second-order valence-electron chi connectivity index (χ2n) is 5.07. The largest absolute Gasteiger partial charge is 0.0683 e. The van der Waals surface area contributed by atoms with E-state index in [1.54, 1.807) is 0 Å². The zero-order valence-electron chi connectivity index (χ0n) is 10.5. The Balaban J connectivity index is 0.000000671. The quantitative estimate of drug-likeness (QED) is 0.584. The fourth-order valence-corrected chi connectivity index (χ4v) is 1.37. The lowest BCUT2D eigenvalue weighted by atomic mass is 9.89. The monoisotopic (exact) mass is 184 g/mol. The minimum absolute atomic E-state index is 0.767. The van der Waals surface area contributed by atoms with E-state index in [1.807, 2.05) is 13.8 Å². The van der Waals surface area contributed by atoms with Crippen LogP contribution in [0.15, 0.2) is 0 Å². The van der Waals surface area contributed by atoms with E-state index in [0.717, 1.165) is 17.3 Å². The summed E-state index contributed by atoms with van der Waals surface area (Å²) in [5.74, 6) is 1.80. The fraction of sp³-hybridized carbons (Fsp3) is 1.00. The van der Waals surface area contributed by atoms with E-state index in [9.17, 15) is 0 Å². The van der Waals surface area contributed by atoms with Crippen molar-refractivity contribution >= 4 is 0 Å². The highest BCUT2D eigenvalue weighted by atomic mass is 14.4. The highest BCUT2D eigenvalue weighted by molar-refractivity contribution is 4.88. The Morgan fingerprint density at radius 2 is 1.54 bits per heavy atom. The van der Waals surface area contributed by atoms with Crippen LogP contribution in [-0.4, -0.2) is 0 Å². The SMILES string of the molecule is CC.CC(C)C(C)CCC1(C)CC1. The van der Waals surface area contributed by atoms with Crippen LogP contribution in [0.3, 0.4) is 0 Å². The summed E-state index contributed by atoms with van der Waals surface area (Å²) < 4.78 is 0. The first-order chi connectivity index (χ1) is 6.03. The molecule has 0 aromatic heterocycles. The molecule has 13 heavy (non-hydrogen) atoms. The van der Waals surface area contributed by atoms with Gasteiger partial charge in [-0.25, -0.2) is 0 Å². The second-order valence-corrected chi connectivity index (χ2v) is 5.07. The highest BCUT2D eigenvalue weighted by Gasteiger charge is 2.36. The average molecular weight is 184 g/mol. The Hall–Kier alpha value is 0. The van der Waals surface area contributed by atoms with Crippen molar-refractivity contribution in [3.63, 3.8) is 0 Å². The van der Waals surface area contributed by atoms with Crippen LogP contribution in [0.5, 0.6) is 0 Å². The van der Waals surface area contributed by atoms with Crippen LogP contribution >= 0.6 is 0 Å². The maximum Gasteiger partial charge on any atom is -0.0325 e. The van der Waals surface area contributed by atoms with Crippen LogP contribution in [0.4, 0.5) is 0 Å². The predicted molar refractivity (Wildman–Crippen MR) is 61.9 cm³/mol. The molecule has 1 aliphatic carbocycles. The van der Waals surface area contributed by atoms with Gasteiger partial charge in [-0.2, -0.15) is 0 Å². The zero-order valence-corrected chi connectivity index (χ0v) is 10.5. The lowest BCUT2D eigenvalue weighted by molar-refractivity contribution is 0.343. The van der Waals surface area contributed by atoms with Crippen molar-refractivity contribution < 1.29 is 0 Å². The van der Waals surface area contributed by atoms with Gasteiger partial charge in [-0.1, -0.05) is 41.5 Å². The maximum absolute atomic E-state index is 2.43. The van der Waals surface area contributed by atoms with Crippen LogP contribution in [0.1, 0.15) is 67.2 Å². The maximum atomic E-state index is 2.43. The van der Waals surface area contributed by atoms with Crippen molar-refractivity contribution in [2.75, 3.05) is 0 Å². The molecule has 0 amide bonds. The molecule has 1 atom stereocenters. The fourth-order valence-electron chi connectivity index (χ4n) is 1.37. The summed E-state index contributed by atoms with van der Waals surface area (Å²) in [6.07, 6.45) is 5.87. The Labute approximate surface area is 85.1 Å². The lowest BCUT2D eigenvalue weighted by Crippen LogP contribution is -2.06. The third-order valence-corrected chi connectivity index (χ3v) is 3.44. The minimum atomic E-state index is 0.767. The summed E-state index contributed by atoms with van der Waals surface area (Å²) in [7, 11) is 0. The third kappa shape index (κ3) is 5.33. The van der Waals surface area contributed by atoms with Gasteiger partial charge in [0, 0.05) is 0 Å². The molecule has 1 saturated carbocycles. The Morgan fingerprint density at radius 1 is 1.08 bits per heavy atom. The molecule has 1 rings (SSSR count). The Kier molecular flexibility index (Phi) is 5.67. The van der Waals surface area contributed by atoms with E-state index in [0.29, 0.717) is 0 Å². The van der Waals surface area contributed by atoms with Gasteiger partial charge >= 0.3 is 0 Å². The summed E-state index contributed by atoms with van der Waals surface area (Å²) in [6.45, 7) is 13.5. The van der Waals surface area contributed by atoms with Crippen molar-refractivity contribution in [3.8, 4) is 0 Å². The molecule has 1 unspecified atom stereocenters. The van der Waals surface area contributed by atoms with Gasteiger partial charge in [-0.15, -0.1) is 0 Å². The van der Waals surface area contributed by atoms with Gasteiger partial charge in [-0.3, -0.25) is 0 Å². The minimum Gasteiger partial charge on any atom is -0.0683 e. The normalized spacial score (nSPS) is 20.5. The van der Waals surface area contributed by atoms with Gasteiger partial charge in [0.1, 0.15) is 0 Å². The first kappa shape index (κ1) is 13.0. The Morgan fingerprint density at radius 3 is 1.85 bits per heavy atom.